The van der Waals surface area contributed by atoms with Crippen molar-refractivity contribution in [2.24, 2.45) is 5.10 Å². The molecule has 1 amide bonds. The van der Waals surface area contributed by atoms with Gasteiger partial charge in [0.25, 0.3) is 15.9 Å². The zero-order valence-electron chi connectivity index (χ0n) is 19.2. The van der Waals surface area contributed by atoms with Crippen molar-refractivity contribution in [2.45, 2.75) is 24.7 Å². The molecule has 0 unspecified atom stereocenters. The van der Waals surface area contributed by atoms with E-state index in [-0.39, 0.29) is 22.3 Å². The summed E-state index contributed by atoms with van der Waals surface area (Å²) < 4.78 is 32.8. The third kappa shape index (κ3) is 5.93. The molecule has 3 aromatic rings. The average Bonchev–Trinajstić information content (AvgIpc) is 2.84. The smallest absolute Gasteiger partial charge is 0.264 e. The van der Waals surface area contributed by atoms with Crippen molar-refractivity contribution in [3.63, 3.8) is 0 Å². The molecule has 9 heteroatoms. The largest absolute Gasteiger partial charge is 0.504 e. The molecule has 0 fully saturated rings. The van der Waals surface area contributed by atoms with Crippen LogP contribution in [0.4, 0.5) is 5.69 Å². The fourth-order valence-electron chi connectivity index (χ4n) is 3.18. The van der Waals surface area contributed by atoms with Crippen LogP contribution in [0.5, 0.6) is 11.5 Å². The molecule has 0 spiro atoms. The first-order valence-electron chi connectivity index (χ1n) is 10.6. The molecule has 8 nitrogen and oxygen atoms in total. The van der Waals surface area contributed by atoms with E-state index in [0.717, 1.165) is 9.87 Å². The SMILES string of the molecule is COc1cc(/C=N\NC(=O)CN(c2ccc(C(C)C)cc2)S(=O)(=O)c2ccccc2)ccc1O. The Balaban J connectivity index is 1.83. The van der Waals surface area contributed by atoms with E-state index >= 15 is 0 Å². The summed E-state index contributed by atoms with van der Waals surface area (Å²) in [6, 6.07) is 19.6. The van der Waals surface area contributed by atoms with Crippen LogP contribution in [0.2, 0.25) is 0 Å². The van der Waals surface area contributed by atoms with Crippen molar-refractivity contribution < 1.29 is 23.1 Å². The van der Waals surface area contributed by atoms with Crippen LogP contribution < -0.4 is 14.5 Å². The third-order valence-corrected chi connectivity index (χ3v) is 6.86. The van der Waals surface area contributed by atoms with Crippen LogP contribution >= 0.6 is 0 Å². The van der Waals surface area contributed by atoms with Gasteiger partial charge in [0.05, 0.1) is 23.9 Å². The average molecular weight is 482 g/mol. The van der Waals surface area contributed by atoms with Crippen LogP contribution in [0.1, 0.15) is 30.9 Å². The van der Waals surface area contributed by atoms with Gasteiger partial charge in [0.2, 0.25) is 0 Å². The second-order valence-electron chi connectivity index (χ2n) is 7.80. The van der Waals surface area contributed by atoms with Crippen molar-refractivity contribution in [1.82, 2.24) is 5.43 Å². The standard InChI is InChI=1S/C25H27N3O5S/c1-18(2)20-10-12-21(13-11-20)28(34(31,32)22-7-5-4-6-8-22)17-25(30)27-26-16-19-9-14-23(29)24(15-19)33-3/h4-16,18,29H,17H2,1-3H3,(H,27,30)/b26-16-. The molecule has 0 aliphatic rings. The number of ether oxygens (including phenoxy) is 1. The number of nitrogens with one attached hydrogen (secondary N) is 1. The summed E-state index contributed by atoms with van der Waals surface area (Å²) >= 11 is 0. The van der Waals surface area contributed by atoms with E-state index < -0.39 is 22.5 Å². The molecule has 0 aliphatic heterocycles. The molecular weight excluding hydrogens is 454 g/mol. The molecule has 0 atom stereocenters. The van der Waals surface area contributed by atoms with Gasteiger partial charge in [0, 0.05) is 0 Å². The number of phenolic OH excluding ortho intramolecular Hbond substituents is 1. The predicted octanol–water partition coefficient (Wildman–Crippen LogP) is 3.87. The number of hydrazone groups is 1. The summed E-state index contributed by atoms with van der Waals surface area (Å²) in [4.78, 5) is 12.7. The lowest BCUT2D eigenvalue weighted by Crippen LogP contribution is -2.39. The summed E-state index contributed by atoms with van der Waals surface area (Å²) in [6.07, 6.45) is 1.37. The van der Waals surface area contributed by atoms with E-state index in [1.807, 2.05) is 26.0 Å². The molecular formula is C25H27N3O5S. The summed E-state index contributed by atoms with van der Waals surface area (Å²) in [5.41, 5.74) is 4.36. The number of amides is 1. The fraction of sp³-hybridized carbons (Fsp3) is 0.200. The number of hydrogen-bond donors (Lipinski definition) is 2. The first kappa shape index (κ1) is 24.8. The Kier molecular flexibility index (Phi) is 7.91. The van der Waals surface area contributed by atoms with Crippen LogP contribution in [0, 0.1) is 0 Å². The van der Waals surface area contributed by atoms with Gasteiger partial charge in [0.1, 0.15) is 6.54 Å². The highest BCUT2D eigenvalue weighted by molar-refractivity contribution is 7.92. The molecule has 3 rings (SSSR count). The number of methoxy groups -OCH3 is 1. The number of aromatic hydroxyl groups is 1. The number of hydrogen-bond acceptors (Lipinski definition) is 6. The fourth-order valence-corrected chi connectivity index (χ4v) is 4.62. The van der Waals surface area contributed by atoms with E-state index in [1.54, 1.807) is 42.5 Å². The number of benzene rings is 3. The molecule has 0 saturated heterocycles. The van der Waals surface area contributed by atoms with Gasteiger partial charge >= 0.3 is 0 Å². The Hall–Kier alpha value is -3.85. The maximum atomic E-state index is 13.4. The number of anilines is 1. The Bertz CT molecular complexity index is 1260. The van der Waals surface area contributed by atoms with Gasteiger partial charge in [-0.25, -0.2) is 13.8 Å². The maximum absolute atomic E-state index is 13.4. The van der Waals surface area contributed by atoms with Gasteiger partial charge < -0.3 is 9.84 Å². The number of sulfonamides is 1. The van der Waals surface area contributed by atoms with Crippen molar-refractivity contribution >= 4 is 27.8 Å². The van der Waals surface area contributed by atoms with E-state index in [2.05, 4.69) is 10.5 Å². The van der Waals surface area contributed by atoms with E-state index in [1.165, 1.54) is 31.5 Å². The van der Waals surface area contributed by atoms with Gasteiger partial charge in [-0.05, 0) is 59.5 Å². The second kappa shape index (κ2) is 10.8. The zero-order chi connectivity index (χ0) is 24.7. The highest BCUT2D eigenvalue weighted by Crippen LogP contribution is 2.26. The Labute approximate surface area is 199 Å². The summed E-state index contributed by atoms with van der Waals surface area (Å²) in [6.45, 7) is 3.62. The lowest BCUT2D eigenvalue weighted by atomic mass is 10.0. The topological polar surface area (TPSA) is 108 Å². The molecule has 0 bridgehead atoms. The van der Waals surface area contributed by atoms with E-state index in [9.17, 15) is 18.3 Å². The Morgan fingerprint density at radius 2 is 1.76 bits per heavy atom. The van der Waals surface area contributed by atoms with E-state index in [4.69, 9.17) is 4.74 Å². The van der Waals surface area contributed by atoms with Crippen molar-refractivity contribution in [3.05, 3.63) is 83.9 Å². The first-order chi connectivity index (χ1) is 16.2. The molecule has 178 valence electrons. The number of carbonyl (C=O) groups excluding carboxylic acids is 1. The van der Waals surface area contributed by atoms with Crippen LogP contribution in [0.3, 0.4) is 0 Å². The first-order valence-corrected chi connectivity index (χ1v) is 12.0. The molecule has 0 heterocycles. The van der Waals surface area contributed by atoms with Gasteiger partial charge in [0.15, 0.2) is 11.5 Å². The predicted molar refractivity (Wildman–Crippen MR) is 132 cm³/mol. The molecule has 34 heavy (non-hydrogen) atoms. The monoisotopic (exact) mass is 481 g/mol. The quantitative estimate of drug-likeness (QED) is 0.356. The Morgan fingerprint density at radius 3 is 2.38 bits per heavy atom. The lowest BCUT2D eigenvalue weighted by Gasteiger charge is -2.24. The molecule has 0 saturated carbocycles. The van der Waals surface area contributed by atoms with Crippen molar-refractivity contribution in [3.8, 4) is 11.5 Å². The normalized spacial score (nSPS) is 11.5. The third-order valence-electron chi connectivity index (χ3n) is 5.07. The molecule has 0 aliphatic carbocycles. The number of carbonyl (C=O) groups is 1. The summed E-state index contributed by atoms with van der Waals surface area (Å²) in [5.74, 6) is -0.0898. The minimum absolute atomic E-state index is 0.0195. The summed E-state index contributed by atoms with van der Waals surface area (Å²) in [7, 11) is -2.57. The molecule has 0 radical (unpaired) electrons. The van der Waals surface area contributed by atoms with Crippen molar-refractivity contribution in [2.75, 3.05) is 18.0 Å². The van der Waals surface area contributed by atoms with Gasteiger partial charge in [-0.3, -0.25) is 9.10 Å². The van der Waals surface area contributed by atoms with Crippen LogP contribution in [-0.2, 0) is 14.8 Å². The lowest BCUT2D eigenvalue weighted by molar-refractivity contribution is -0.119. The minimum atomic E-state index is -4.00. The molecule has 0 aromatic heterocycles. The maximum Gasteiger partial charge on any atom is 0.264 e. The Morgan fingerprint density at radius 1 is 1.09 bits per heavy atom. The summed E-state index contributed by atoms with van der Waals surface area (Å²) in [5, 5.41) is 13.6. The van der Waals surface area contributed by atoms with E-state index in [0.29, 0.717) is 11.3 Å². The number of rotatable bonds is 9. The van der Waals surface area contributed by atoms with Crippen LogP contribution in [0.15, 0.2) is 82.8 Å². The molecule has 3 aromatic carbocycles. The van der Waals surface area contributed by atoms with Crippen molar-refractivity contribution in [1.29, 1.82) is 0 Å². The highest BCUT2D eigenvalue weighted by atomic mass is 32.2. The van der Waals surface area contributed by atoms with Gasteiger partial charge in [-0.1, -0.05) is 44.2 Å². The number of nitrogens with zero attached hydrogens (tertiary/aromatic N) is 2. The highest BCUT2D eigenvalue weighted by Gasteiger charge is 2.27. The van der Waals surface area contributed by atoms with Crippen LogP contribution in [-0.4, -0.2) is 39.3 Å². The minimum Gasteiger partial charge on any atom is -0.504 e. The number of phenols is 1. The van der Waals surface area contributed by atoms with Crippen LogP contribution in [0.25, 0.3) is 0 Å². The second-order valence-corrected chi connectivity index (χ2v) is 9.66. The van der Waals surface area contributed by atoms with Gasteiger partial charge in [-0.15, -0.1) is 0 Å². The van der Waals surface area contributed by atoms with Gasteiger partial charge in [-0.2, -0.15) is 5.10 Å². The molecule has 2 N–H and O–H groups in total. The zero-order valence-corrected chi connectivity index (χ0v) is 20.0.